The largest absolute Gasteiger partial charge is 0.495 e. The lowest BCUT2D eigenvalue weighted by atomic mass is 10.1. The van der Waals surface area contributed by atoms with Crippen LogP contribution < -0.4 is 15.8 Å². The minimum atomic E-state index is 0.159. The van der Waals surface area contributed by atoms with Gasteiger partial charge in [0, 0.05) is 12.1 Å². The van der Waals surface area contributed by atoms with E-state index in [0.717, 1.165) is 17.9 Å². The van der Waals surface area contributed by atoms with Gasteiger partial charge in [0.25, 0.3) is 0 Å². The van der Waals surface area contributed by atoms with Gasteiger partial charge in [-0.2, -0.15) is 0 Å². The Bertz CT molecular complexity index is 336. The Kier molecular flexibility index (Phi) is 2.33. The first-order valence-corrected chi connectivity index (χ1v) is 4.90. The maximum Gasteiger partial charge on any atom is 0.142 e. The van der Waals surface area contributed by atoms with Crippen LogP contribution in [-0.4, -0.2) is 19.2 Å². The first-order chi connectivity index (χ1) is 6.72. The zero-order chi connectivity index (χ0) is 10.1. The lowest BCUT2D eigenvalue weighted by molar-refractivity contribution is 0.416. The molecule has 2 rings (SSSR count). The molecule has 1 aliphatic rings. The van der Waals surface area contributed by atoms with E-state index in [-0.39, 0.29) is 6.04 Å². The van der Waals surface area contributed by atoms with E-state index in [2.05, 4.69) is 11.4 Å². The minimum Gasteiger partial charge on any atom is -0.495 e. The van der Waals surface area contributed by atoms with Gasteiger partial charge in [-0.3, -0.25) is 0 Å². The van der Waals surface area contributed by atoms with Crippen molar-refractivity contribution in [1.29, 1.82) is 0 Å². The van der Waals surface area contributed by atoms with Crippen molar-refractivity contribution in [3.05, 3.63) is 23.8 Å². The van der Waals surface area contributed by atoms with E-state index in [0.29, 0.717) is 6.04 Å². The average Bonchev–Trinajstić information content (AvgIpc) is 2.60. The third-order valence-electron chi connectivity index (χ3n) is 2.74. The van der Waals surface area contributed by atoms with Crippen LogP contribution in [0.2, 0.25) is 0 Å². The van der Waals surface area contributed by atoms with Crippen LogP contribution in [0.4, 0.5) is 5.69 Å². The fourth-order valence-corrected chi connectivity index (χ4v) is 1.87. The molecule has 0 saturated carbocycles. The molecule has 0 saturated heterocycles. The van der Waals surface area contributed by atoms with Crippen molar-refractivity contribution in [2.45, 2.75) is 25.4 Å². The van der Waals surface area contributed by atoms with Crippen molar-refractivity contribution in [3.8, 4) is 5.75 Å². The van der Waals surface area contributed by atoms with Crippen molar-refractivity contribution in [2.24, 2.45) is 5.73 Å². The molecule has 0 spiro atoms. The van der Waals surface area contributed by atoms with Gasteiger partial charge in [-0.05, 0) is 25.0 Å². The molecule has 0 radical (unpaired) electrons. The predicted octanol–water partition coefficient (Wildman–Crippen LogP) is 1.38. The average molecular weight is 192 g/mol. The Morgan fingerprint density at radius 3 is 3.00 bits per heavy atom. The second kappa shape index (κ2) is 3.50. The topological polar surface area (TPSA) is 47.3 Å². The zero-order valence-electron chi connectivity index (χ0n) is 8.58. The smallest absolute Gasteiger partial charge is 0.142 e. The summed E-state index contributed by atoms with van der Waals surface area (Å²) in [5.74, 6) is 0.908. The van der Waals surface area contributed by atoms with E-state index in [9.17, 15) is 0 Å². The number of fused-ring (bicyclic) bond motifs is 1. The standard InChI is InChI=1S/C11H16N2O/c1-7(12)9-6-8-4-3-5-10(14-2)11(8)13-9/h3-5,7,9,13H,6,12H2,1-2H3. The number of methoxy groups -OCH3 is 1. The van der Waals surface area contributed by atoms with Crippen LogP contribution >= 0.6 is 0 Å². The van der Waals surface area contributed by atoms with E-state index < -0.39 is 0 Å². The normalized spacial score (nSPS) is 21.2. The number of hydrogen-bond acceptors (Lipinski definition) is 3. The molecule has 0 bridgehead atoms. The summed E-state index contributed by atoms with van der Waals surface area (Å²) in [5, 5.41) is 3.40. The van der Waals surface area contributed by atoms with Crippen LogP contribution in [0.5, 0.6) is 5.75 Å². The fraction of sp³-hybridized carbons (Fsp3) is 0.455. The van der Waals surface area contributed by atoms with Crippen LogP contribution in [0.1, 0.15) is 12.5 Å². The number of rotatable bonds is 2. The van der Waals surface area contributed by atoms with Gasteiger partial charge < -0.3 is 15.8 Å². The number of anilines is 1. The number of benzene rings is 1. The summed E-state index contributed by atoms with van der Waals surface area (Å²) in [6.07, 6.45) is 0.990. The summed E-state index contributed by atoms with van der Waals surface area (Å²) < 4.78 is 5.28. The van der Waals surface area contributed by atoms with Gasteiger partial charge in [0.15, 0.2) is 0 Å². The zero-order valence-corrected chi connectivity index (χ0v) is 8.58. The minimum absolute atomic E-state index is 0.159. The van der Waals surface area contributed by atoms with Crippen molar-refractivity contribution >= 4 is 5.69 Å². The van der Waals surface area contributed by atoms with Gasteiger partial charge in [-0.25, -0.2) is 0 Å². The van der Waals surface area contributed by atoms with Crippen LogP contribution in [0, 0.1) is 0 Å². The SMILES string of the molecule is COc1cccc2c1NC(C(C)N)C2. The third kappa shape index (κ3) is 1.44. The van der Waals surface area contributed by atoms with Crippen LogP contribution in [0.25, 0.3) is 0 Å². The lowest BCUT2D eigenvalue weighted by Crippen LogP contribution is -2.36. The monoisotopic (exact) mass is 192 g/mol. The van der Waals surface area contributed by atoms with Crippen LogP contribution in [0.15, 0.2) is 18.2 Å². The van der Waals surface area contributed by atoms with Gasteiger partial charge in [0.05, 0.1) is 12.8 Å². The third-order valence-corrected chi connectivity index (χ3v) is 2.74. The Morgan fingerprint density at radius 2 is 2.36 bits per heavy atom. The Hall–Kier alpha value is -1.22. The summed E-state index contributed by atoms with van der Waals surface area (Å²) in [4.78, 5) is 0. The molecule has 0 fully saturated rings. The molecule has 2 unspecified atom stereocenters. The van der Waals surface area contributed by atoms with E-state index in [1.807, 2.05) is 19.1 Å². The molecule has 1 aromatic carbocycles. The summed E-state index contributed by atoms with van der Waals surface area (Å²) in [5.41, 5.74) is 8.27. The molecular formula is C11H16N2O. The van der Waals surface area contributed by atoms with Gasteiger partial charge in [0.1, 0.15) is 5.75 Å². The highest BCUT2D eigenvalue weighted by atomic mass is 16.5. The van der Waals surface area contributed by atoms with E-state index in [4.69, 9.17) is 10.5 Å². The molecule has 3 heteroatoms. The molecule has 1 aromatic rings. The van der Waals surface area contributed by atoms with E-state index in [1.54, 1.807) is 7.11 Å². The number of ether oxygens (including phenoxy) is 1. The summed E-state index contributed by atoms with van der Waals surface area (Å²) in [6.45, 7) is 2.02. The highest BCUT2D eigenvalue weighted by Crippen LogP contribution is 2.35. The van der Waals surface area contributed by atoms with Gasteiger partial charge >= 0.3 is 0 Å². The van der Waals surface area contributed by atoms with Gasteiger partial charge in [-0.15, -0.1) is 0 Å². The summed E-state index contributed by atoms with van der Waals surface area (Å²) in [6, 6.07) is 6.60. The Balaban J connectivity index is 2.30. The Labute approximate surface area is 84.3 Å². The predicted molar refractivity (Wildman–Crippen MR) is 57.8 cm³/mol. The van der Waals surface area contributed by atoms with Crippen molar-refractivity contribution in [3.63, 3.8) is 0 Å². The van der Waals surface area contributed by atoms with E-state index in [1.165, 1.54) is 5.56 Å². The molecule has 76 valence electrons. The van der Waals surface area contributed by atoms with Crippen molar-refractivity contribution in [2.75, 3.05) is 12.4 Å². The van der Waals surface area contributed by atoms with Gasteiger partial charge in [-0.1, -0.05) is 12.1 Å². The van der Waals surface area contributed by atoms with E-state index >= 15 is 0 Å². The molecule has 14 heavy (non-hydrogen) atoms. The number of nitrogens with one attached hydrogen (secondary N) is 1. The molecule has 3 nitrogen and oxygen atoms in total. The quantitative estimate of drug-likeness (QED) is 0.744. The molecule has 1 heterocycles. The molecule has 0 aromatic heterocycles. The molecule has 0 amide bonds. The molecule has 3 N–H and O–H groups in total. The second-order valence-corrected chi connectivity index (χ2v) is 3.81. The lowest BCUT2D eigenvalue weighted by Gasteiger charge is -2.15. The highest BCUT2D eigenvalue weighted by molar-refractivity contribution is 5.66. The fourth-order valence-electron chi connectivity index (χ4n) is 1.87. The molecule has 0 aliphatic carbocycles. The summed E-state index contributed by atoms with van der Waals surface area (Å²) in [7, 11) is 1.69. The molecule has 1 aliphatic heterocycles. The number of para-hydroxylation sites is 1. The number of hydrogen-bond donors (Lipinski definition) is 2. The first-order valence-electron chi connectivity index (χ1n) is 4.90. The summed E-state index contributed by atoms with van der Waals surface area (Å²) >= 11 is 0. The maximum absolute atomic E-state index is 5.87. The Morgan fingerprint density at radius 1 is 1.57 bits per heavy atom. The molecule has 2 atom stereocenters. The van der Waals surface area contributed by atoms with Crippen molar-refractivity contribution in [1.82, 2.24) is 0 Å². The first kappa shape index (κ1) is 9.34. The number of nitrogens with two attached hydrogens (primary N) is 1. The van der Waals surface area contributed by atoms with Gasteiger partial charge in [0.2, 0.25) is 0 Å². The van der Waals surface area contributed by atoms with Crippen LogP contribution in [-0.2, 0) is 6.42 Å². The molecular weight excluding hydrogens is 176 g/mol. The highest BCUT2D eigenvalue weighted by Gasteiger charge is 2.25. The maximum atomic E-state index is 5.87. The van der Waals surface area contributed by atoms with Crippen molar-refractivity contribution < 1.29 is 4.74 Å². The second-order valence-electron chi connectivity index (χ2n) is 3.81. The van der Waals surface area contributed by atoms with Crippen LogP contribution in [0.3, 0.4) is 0 Å².